The summed E-state index contributed by atoms with van der Waals surface area (Å²) in [4.78, 5) is 33.5. The zero-order chi connectivity index (χ0) is 22.5. The third kappa shape index (κ3) is 5.05. The molecule has 0 atom stereocenters. The molecule has 0 radical (unpaired) electrons. The van der Waals surface area contributed by atoms with Crippen molar-refractivity contribution in [1.29, 1.82) is 0 Å². The fraction of sp³-hybridized carbons (Fsp3) is 0.391. The zero-order valence-corrected chi connectivity index (χ0v) is 18.8. The van der Waals surface area contributed by atoms with Crippen LogP contribution in [0.25, 0.3) is 11.3 Å². The molecule has 1 aliphatic heterocycles. The SMILES string of the molecule is CCOc1ccc(Nc2nc(-c3cnc(N4CCN(CC)CC4)nc3C)cc(=O)[nH]2)cc1. The molecule has 1 fully saturated rings. The summed E-state index contributed by atoms with van der Waals surface area (Å²) in [5.41, 5.74) is 2.60. The van der Waals surface area contributed by atoms with E-state index in [2.05, 4.69) is 37.0 Å². The van der Waals surface area contributed by atoms with Gasteiger partial charge in [0.25, 0.3) is 5.56 Å². The van der Waals surface area contributed by atoms with Crippen molar-refractivity contribution in [2.45, 2.75) is 20.8 Å². The zero-order valence-electron chi connectivity index (χ0n) is 18.8. The van der Waals surface area contributed by atoms with Crippen LogP contribution in [0.5, 0.6) is 5.75 Å². The molecule has 3 aromatic rings. The maximum Gasteiger partial charge on any atom is 0.252 e. The van der Waals surface area contributed by atoms with Crippen LogP contribution in [0.2, 0.25) is 0 Å². The van der Waals surface area contributed by atoms with Crippen LogP contribution in [-0.2, 0) is 0 Å². The van der Waals surface area contributed by atoms with Gasteiger partial charge in [0.2, 0.25) is 11.9 Å². The van der Waals surface area contributed by atoms with Crippen molar-refractivity contribution in [3.63, 3.8) is 0 Å². The van der Waals surface area contributed by atoms with E-state index < -0.39 is 0 Å². The van der Waals surface area contributed by atoms with Crippen LogP contribution in [0, 0.1) is 6.92 Å². The fourth-order valence-corrected chi connectivity index (χ4v) is 3.72. The minimum atomic E-state index is -0.248. The molecule has 2 N–H and O–H groups in total. The number of hydrogen-bond acceptors (Lipinski definition) is 8. The number of benzene rings is 1. The largest absolute Gasteiger partial charge is 0.494 e. The third-order valence-electron chi connectivity index (χ3n) is 5.51. The highest BCUT2D eigenvalue weighted by atomic mass is 16.5. The Balaban J connectivity index is 1.53. The fourth-order valence-electron chi connectivity index (χ4n) is 3.72. The van der Waals surface area contributed by atoms with Gasteiger partial charge in [0.05, 0.1) is 18.0 Å². The van der Waals surface area contributed by atoms with Crippen molar-refractivity contribution in [1.82, 2.24) is 24.8 Å². The van der Waals surface area contributed by atoms with Crippen LogP contribution < -0.4 is 20.5 Å². The van der Waals surface area contributed by atoms with E-state index in [9.17, 15) is 4.79 Å². The summed E-state index contributed by atoms with van der Waals surface area (Å²) in [7, 11) is 0. The van der Waals surface area contributed by atoms with Gasteiger partial charge in [0.1, 0.15) is 5.75 Å². The first-order chi connectivity index (χ1) is 15.6. The molecule has 4 rings (SSSR count). The average molecular weight is 436 g/mol. The molecule has 0 amide bonds. The Bertz CT molecular complexity index is 1110. The van der Waals surface area contributed by atoms with Crippen LogP contribution in [0.15, 0.2) is 41.3 Å². The van der Waals surface area contributed by atoms with Crippen molar-refractivity contribution in [3.05, 3.63) is 52.6 Å². The number of anilines is 3. The van der Waals surface area contributed by atoms with Crippen molar-refractivity contribution >= 4 is 17.6 Å². The molecule has 1 aliphatic rings. The number of nitrogens with one attached hydrogen (secondary N) is 2. The molecule has 2 aromatic heterocycles. The molecule has 168 valence electrons. The highest BCUT2D eigenvalue weighted by molar-refractivity contribution is 5.64. The minimum absolute atomic E-state index is 0.248. The molecule has 0 saturated carbocycles. The second-order valence-electron chi connectivity index (χ2n) is 7.65. The van der Waals surface area contributed by atoms with Gasteiger partial charge in [0, 0.05) is 49.7 Å². The number of aromatic amines is 1. The number of piperazine rings is 1. The Kier molecular flexibility index (Phi) is 6.65. The first-order valence-corrected chi connectivity index (χ1v) is 11.0. The second kappa shape index (κ2) is 9.78. The summed E-state index contributed by atoms with van der Waals surface area (Å²) in [6.07, 6.45) is 1.76. The topological polar surface area (TPSA) is 99.3 Å². The first kappa shape index (κ1) is 21.8. The highest BCUT2D eigenvalue weighted by Crippen LogP contribution is 2.23. The highest BCUT2D eigenvalue weighted by Gasteiger charge is 2.19. The van der Waals surface area contributed by atoms with E-state index in [1.807, 2.05) is 38.1 Å². The summed E-state index contributed by atoms with van der Waals surface area (Å²) in [6, 6.07) is 8.95. The van der Waals surface area contributed by atoms with E-state index in [0.29, 0.717) is 18.2 Å². The monoisotopic (exact) mass is 435 g/mol. The maximum atomic E-state index is 12.3. The van der Waals surface area contributed by atoms with Gasteiger partial charge in [-0.05, 0) is 44.7 Å². The Morgan fingerprint density at radius 2 is 1.84 bits per heavy atom. The third-order valence-corrected chi connectivity index (χ3v) is 5.51. The van der Waals surface area contributed by atoms with Gasteiger partial charge in [0.15, 0.2) is 0 Å². The van der Waals surface area contributed by atoms with Gasteiger partial charge in [-0.1, -0.05) is 6.92 Å². The normalized spacial score (nSPS) is 14.4. The molecule has 9 heteroatoms. The Hall–Kier alpha value is -3.46. The van der Waals surface area contributed by atoms with E-state index in [1.165, 1.54) is 6.07 Å². The van der Waals surface area contributed by atoms with Gasteiger partial charge in [-0.15, -0.1) is 0 Å². The van der Waals surface area contributed by atoms with Crippen LogP contribution in [0.1, 0.15) is 19.5 Å². The Labute approximate surface area is 187 Å². The summed E-state index contributed by atoms with van der Waals surface area (Å²) in [5.74, 6) is 1.87. The lowest BCUT2D eigenvalue weighted by atomic mass is 10.2. The molecule has 0 bridgehead atoms. The summed E-state index contributed by atoms with van der Waals surface area (Å²) < 4.78 is 5.46. The molecule has 32 heavy (non-hydrogen) atoms. The molecule has 1 saturated heterocycles. The predicted molar refractivity (Wildman–Crippen MR) is 126 cm³/mol. The average Bonchev–Trinajstić information content (AvgIpc) is 2.80. The molecule has 0 unspecified atom stereocenters. The van der Waals surface area contributed by atoms with E-state index in [0.717, 1.165) is 61.4 Å². The summed E-state index contributed by atoms with van der Waals surface area (Å²) in [5, 5.41) is 3.14. The number of rotatable bonds is 7. The molecule has 9 nitrogen and oxygen atoms in total. The number of hydrogen-bond donors (Lipinski definition) is 2. The van der Waals surface area contributed by atoms with Crippen molar-refractivity contribution in [3.8, 4) is 17.0 Å². The summed E-state index contributed by atoms with van der Waals surface area (Å²) in [6.45, 7) is 11.6. The van der Waals surface area contributed by atoms with Crippen molar-refractivity contribution in [2.24, 2.45) is 0 Å². The minimum Gasteiger partial charge on any atom is -0.494 e. The first-order valence-electron chi connectivity index (χ1n) is 11.0. The molecular formula is C23H29N7O2. The van der Waals surface area contributed by atoms with Gasteiger partial charge in [-0.25, -0.2) is 15.0 Å². The van der Waals surface area contributed by atoms with Crippen molar-refractivity contribution in [2.75, 3.05) is 49.5 Å². The van der Waals surface area contributed by atoms with Crippen molar-refractivity contribution < 1.29 is 4.74 Å². The van der Waals surface area contributed by atoms with Gasteiger partial charge < -0.3 is 19.9 Å². The lowest BCUT2D eigenvalue weighted by molar-refractivity contribution is 0.270. The van der Waals surface area contributed by atoms with Gasteiger partial charge >= 0.3 is 0 Å². The number of H-pyrrole nitrogens is 1. The Morgan fingerprint density at radius 1 is 1.09 bits per heavy atom. The van der Waals surface area contributed by atoms with E-state index >= 15 is 0 Å². The van der Waals surface area contributed by atoms with Gasteiger partial charge in [-0.2, -0.15) is 0 Å². The molecule has 0 spiro atoms. The van der Waals surface area contributed by atoms with Crippen LogP contribution in [0.3, 0.4) is 0 Å². The lowest BCUT2D eigenvalue weighted by Crippen LogP contribution is -2.46. The molecular weight excluding hydrogens is 406 g/mol. The second-order valence-corrected chi connectivity index (χ2v) is 7.65. The van der Waals surface area contributed by atoms with E-state index in [1.54, 1.807) is 6.20 Å². The number of aromatic nitrogens is 4. The lowest BCUT2D eigenvalue weighted by Gasteiger charge is -2.34. The number of nitrogens with zero attached hydrogens (tertiary/aromatic N) is 5. The Morgan fingerprint density at radius 3 is 2.50 bits per heavy atom. The standard InChI is InChI=1S/C23H29N7O2/c1-4-29-10-12-30(13-11-29)23-24-15-19(16(3)25-23)20-14-21(31)28-22(27-20)26-17-6-8-18(9-7-17)32-5-2/h6-9,14-15H,4-5,10-13H2,1-3H3,(H2,26,27,28,31). The van der Waals surface area contributed by atoms with Crippen LogP contribution in [-0.4, -0.2) is 64.2 Å². The quantitative estimate of drug-likeness (QED) is 0.585. The summed E-state index contributed by atoms with van der Waals surface area (Å²) >= 11 is 0. The number of ether oxygens (including phenoxy) is 1. The maximum absolute atomic E-state index is 12.3. The van der Waals surface area contributed by atoms with E-state index in [4.69, 9.17) is 9.72 Å². The number of likely N-dealkylation sites (N-methyl/N-ethyl adjacent to an activating group) is 1. The van der Waals surface area contributed by atoms with Crippen LogP contribution >= 0.6 is 0 Å². The number of aryl methyl sites for hydroxylation is 1. The van der Waals surface area contributed by atoms with E-state index in [-0.39, 0.29) is 5.56 Å². The molecule has 0 aliphatic carbocycles. The van der Waals surface area contributed by atoms with Gasteiger partial charge in [-0.3, -0.25) is 9.78 Å². The predicted octanol–water partition coefficient (Wildman–Crippen LogP) is 2.82. The molecule has 1 aromatic carbocycles. The smallest absolute Gasteiger partial charge is 0.252 e. The van der Waals surface area contributed by atoms with Crippen LogP contribution in [0.4, 0.5) is 17.6 Å². The molecule has 3 heterocycles.